The molecule has 1 fully saturated rings. The van der Waals surface area contributed by atoms with Crippen LogP contribution in [0, 0.1) is 0 Å². The predicted molar refractivity (Wildman–Crippen MR) is 84.3 cm³/mol. The predicted octanol–water partition coefficient (Wildman–Crippen LogP) is 0.0482. The smallest absolute Gasteiger partial charge is 0.166 e. The number of hydrogen-bond donors (Lipinski definition) is 4. The molecule has 124 valence electrons. The number of nitrogen functional groups attached to an aromatic ring is 1. The van der Waals surface area contributed by atoms with E-state index < -0.39 is 24.0 Å². The summed E-state index contributed by atoms with van der Waals surface area (Å²) in [5.41, 5.74) is 5.55. The quantitative estimate of drug-likeness (QED) is 0.627. The third-order valence-electron chi connectivity index (χ3n) is 4.31. The minimum absolute atomic E-state index is 0.149. The maximum absolute atomic E-state index is 10.7. The zero-order valence-electron chi connectivity index (χ0n) is 12.8. The SMILES string of the molecule is C=Cc1cn(C2OC(CCO)C(O)[C@@]2(C)O)c2ncnc(N)c12. The highest BCUT2D eigenvalue weighted by molar-refractivity contribution is 5.94. The first-order chi connectivity index (χ1) is 10.9. The van der Waals surface area contributed by atoms with Crippen molar-refractivity contribution in [2.75, 3.05) is 12.3 Å². The van der Waals surface area contributed by atoms with Gasteiger partial charge in [0.2, 0.25) is 0 Å². The fraction of sp³-hybridized carbons (Fsp3) is 0.467. The molecular formula is C15H20N4O4. The van der Waals surface area contributed by atoms with E-state index in [2.05, 4.69) is 16.5 Å². The summed E-state index contributed by atoms with van der Waals surface area (Å²) in [5, 5.41) is 30.7. The fourth-order valence-electron chi connectivity index (χ4n) is 3.07. The topological polar surface area (TPSA) is 127 Å². The number of nitrogens with zero attached hydrogens (tertiary/aromatic N) is 3. The third kappa shape index (κ3) is 2.31. The highest BCUT2D eigenvalue weighted by Gasteiger charge is 2.53. The number of fused-ring (bicyclic) bond motifs is 1. The molecule has 23 heavy (non-hydrogen) atoms. The van der Waals surface area contributed by atoms with Gasteiger partial charge in [-0.15, -0.1) is 0 Å². The van der Waals surface area contributed by atoms with Crippen molar-refractivity contribution in [1.82, 2.24) is 14.5 Å². The van der Waals surface area contributed by atoms with Crippen LogP contribution in [0.2, 0.25) is 0 Å². The molecule has 3 heterocycles. The molecule has 2 aromatic heterocycles. The van der Waals surface area contributed by atoms with E-state index in [1.807, 2.05) is 0 Å². The van der Waals surface area contributed by atoms with Crippen LogP contribution in [0.5, 0.6) is 0 Å². The van der Waals surface area contributed by atoms with Gasteiger partial charge in [0.05, 0.1) is 11.5 Å². The van der Waals surface area contributed by atoms with Gasteiger partial charge in [-0.3, -0.25) is 0 Å². The molecule has 2 aromatic rings. The van der Waals surface area contributed by atoms with Crippen LogP contribution in [-0.2, 0) is 4.74 Å². The molecule has 1 aliphatic rings. The first-order valence-corrected chi connectivity index (χ1v) is 7.32. The van der Waals surface area contributed by atoms with Gasteiger partial charge in [0.15, 0.2) is 6.23 Å². The molecule has 0 aromatic carbocycles. The van der Waals surface area contributed by atoms with Crippen LogP contribution < -0.4 is 5.73 Å². The zero-order valence-corrected chi connectivity index (χ0v) is 12.8. The summed E-state index contributed by atoms with van der Waals surface area (Å²) in [6.07, 6.45) is 2.18. The van der Waals surface area contributed by atoms with Crippen molar-refractivity contribution in [2.45, 2.75) is 37.4 Å². The molecule has 5 N–H and O–H groups in total. The van der Waals surface area contributed by atoms with Crippen LogP contribution in [0.3, 0.4) is 0 Å². The summed E-state index contributed by atoms with van der Waals surface area (Å²) < 4.78 is 7.40. The van der Waals surface area contributed by atoms with Gasteiger partial charge in [-0.05, 0) is 13.3 Å². The van der Waals surface area contributed by atoms with Crippen molar-refractivity contribution >= 4 is 22.9 Å². The van der Waals surface area contributed by atoms with Crippen molar-refractivity contribution in [3.8, 4) is 0 Å². The van der Waals surface area contributed by atoms with Crippen molar-refractivity contribution in [2.24, 2.45) is 0 Å². The monoisotopic (exact) mass is 320 g/mol. The summed E-state index contributed by atoms with van der Waals surface area (Å²) in [4.78, 5) is 8.19. The molecule has 8 heteroatoms. The lowest BCUT2D eigenvalue weighted by atomic mass is 9.95. The average molecular weight is 320 g/mol. The summed E-state index contributed by atoms with van der Waals surface area (Å²) in [6, 6.07) is 0. The van der Waals surface area contributed by atoms with Crippen LogP contribution in [0.1, 0.15) is 25.1 Å². The van der Waals surface area contributed by atoms with Crippen LogP contribution in [-0.4, -0.2) is 54.3 Å². The number of ether oxygens (including phenoxy) is 1. The van der Waals surface area contributed by atoms with E-state index >= 15 is 0 Å². The molecule has 0 radical (unpaired) electrons. The third-order valence-corrected chi connectivity index (χ3v) is 4.31. The summed E-state index contributed by atoms with van der Waals surface area (Å²) in [5.74, 6) is 0.300. The van der Waals surface area contributed by atoms with E-state index in [1.165, 1.54) is 13.3 Å². The molecule has 0 bridgehead atoms. The number of aromatic nitrogens is 3. The Hall–Kier alpha value is -2.00. The lowest BCUT2D eigenvalue weighted by Gasteiger charge is -2.27. The second-order valence-electron chi connectivity index (χ2n) is 5.86. The van der Waals surface area contributed by atoms with Gasteiger partial charge < -0.3 is 30.4 Å². The van der Waals surface area contributed by atoms with E-state index in [-0.39, 0.29) is 13.0 Å². The second kappa shape index (κ2) is 5.57. The Balaban J connectivity index is 2.13. The summed E-state index contributed by atoms with van der Waals surface area (Å²) in [6.45, 7) is 5.09. The Morgan fingerprint density at radius 2 is 2.26 bits per heavy atom. The van der Waals surface area contributed by atoms with E-state index in [0.29, 0.717) is 22.4 Å². The molecule has 3 unspecified atom stereocenters. The zero-order chi connectivity index (χ0) is 16.8. The Bertz CT molecular complexity index is 742. The van der Waals surface area contributed by atoms with Gasteiger partial charge in [-0.25, -0.2) is 9.97 Å². The first-order valence-electron chi connectivity index (χ1n) is 7.32. The molecule has 1 aliphatic heterocycles. The van der Waals surface area contributed by atoms with Gasteiger partial charge in [0.25, 0.3) is 0 Å². The number of hydrogen-bond acceptors (Lipinski definition) is 7. The minimum Gasteiger partial charge on any atom is -0.396 e. The number of anilines is 1. The molecule has 0 spiro atoms. The molecule has 0 amide bonds. The van der Waals surface area contributed by atoms with Crippen molar-refractivity contribution in [1.29, 1.82) is 0 Å². The highest BCUT2D eigenvalue weighted by Crippen LogP contribution is 2.41. The van der Waals surface area contributed by atoms with Gasteiger partial charge in [-0.1, -0.05) is 12.7 Å². The van der Waals surface area contributed by atoms with E-state index in [9.17, 15) is 10.2 Å². The van der Waals surface area contributed by atoms with E-state index in [1.54, 1.807) is 16.8 Å². The van der Waals surface area contributed by atoms with Crippen LogP contribution in [0.15, 0.2) is 19.1 Å². The Labute approximate surface area is 132 Å². The Morgan fingerprint density at radius 3 is 2.91 bits per heavy atom. The van der Waals surface area contributed by atoms with Crippen molar-refractivity contribution in [3.05, 3.63) is 24.7 Å². The maximum atomic E-state index is 10.7. The van der Waals surface area contributed by atoms with E-state index in [4.69, 9.17) is 15.6 Å². The highest BCUT2D eigenvalue weighted by atomic mass is 16.6. The lowest BCUT2D eigenvalue weighted by Crippen LogP contribution is -2.43. The Morgan fingerprint density at radius 1 is 1.52 bits per heavy atom. The van der Waals surface area contributed by atoms with Gasteiger partial charge in [-0.2, -0.15) is 0 Å². The molecule has 4 atom stereocenters. The molecular weight excluding hydrogens is 300 g/mol. The molecule has 0 aliphatic carbocycles. The normalized spacial score (nSPS) is 30.9. The van der Waals surface area contributed by atoms with Crippen molar-refractivity contribution < 1.29 is 20.1 Å². The number of nitrogens with two attached hydrogens (primary N) is 1. The van der Waals surface area contributed by atoms with Crippen molar-refractivity contribution in [3.63, 3.8) is 0 Å². The first kappa shape index (κ1) is 15.9. The lowest BCUT2D eigenvalue weighted by molar-refractivity contribution is -0.0941. The summed E-state index contributed by atoms with van der Waals surface area (Å²) >= 11 is 0. The van der Waals surface area contributed by atoms with E-state index in [0.717, 1.165) is 0 Å². The fourth-order valence-corrected chi connectivity index (χ4v) is 3.07. The van der Waals surface area contributed by atoms with Crippen LogP contribution >= 0.6 is 0 Å². The number of aliphatic hydroxyl groups is 3. The molecule has 0 saturated carbocycles. The second-order valence-corrected chi connectivity index (χ2v) is 5.86. The molecule has 8 nitrogen and oxygen atoms in total. The average Bonchev–Trinajstić information content (AvgIpc) is 2.99. The van der Waals surface area contributed by atoms with Gasteiger partial charge in [0.1, 0.15) is 29.5 Å². The standard InChI is InChI=1S/C15H20N4O4/c1-3-8-6-19(13-10(8)12(16)17-7-18-13)14-15(2,22)11(21)9(23-14)4-5-20/h3,6-7,9,11,14,20-22H,1,4-5H2,2H3,(H2,16,17,18)/t9?,11?,14?,15-/m1/s1. The van der Waals surface area contributed by atoms with Crippen LogP contribution in [0.25, 0.3) is 17.1 Å². The number of rotatable bonds is 4. The summed E-state index contributed by atoms with van der Waals surface area (Å²) in [7, 11) is 0. The number of aliphatic hydroxyl groups excluding tert-OH is 2. The maximum Gasteiger partial charge on any atom is 0.166 e. The molecule has 3 rings (SSSR count). The van der Waals surface area contributed by atoms with Gasteiger partial charge >= 0.3 is 0 Å². The Kier molecular flexibility index (Phi) is 3.85. The minimum atomic E-state index is -1.55. The largest absolute Gasteiger partial charge is 0.396 e. The molecule has 1 saturated heterocycles. The van der Waals surface area contributed by atoms with Crippen LogP contribution in [0.4, 0.5) is 5.82 Å². The van der Waals surface area contributed by atoms with Gasteiger partial charge in [0, 0.05) is 18.4 Å².